The van der Waals surface area contributed by atoms with Gasteiger partial charge >= 0.3 is 0 Å². The number of fused-ring (bicyclic) bond motifs is 1. The van der Waals surface area contributed by atoms with Crippen molar-refractivity contribution in [3.8, 4) is 0 Å². The third-order valence-corrected chi connectivity index (χ3v) is 5.72. The fraction of sp³-hybridized carbons (Fsp3) is 0.318. The lowest BCUT2D eigenvalue weighted by Crippen LogP contribution is -2.27. The highest BCUT2D eigenvalue weighted by Crippen LogP contribution is 2.19. The molecular formula is C22H24ClN3O2S. The summed E-state index contributed by atoms with van der Waals surface area (Å²) in [5, 5.41) is 4.74. The highest BCUT2D eigenvalue weighted by atomic mass is 35.5. The Bertz CT molecular complexity index is 1050. The first-order valence-corrected chi connectivity index (χ1v) is 10.9. The van der Waals surface area contributed by atoms with Crippen LogP contribution in [-0.4, -0.2) is 21.2 Å². The number of thioether (sulfide) groups is 1. The first kappa shape index (κ1) is 21.4. The zero-order valence-corrected chi connectivity index (χ0v) is 18.1. The molecule has 1 heterocycles. The Hall–Kier alpha value is -2.31. The van der Waals surface area contributed by atoms with Crippen molar-refractivity contribution in [3.05, 3.63) is 69.5 Å². The lowest BCUT2D eigenvalue weighted by molar-refractivity contribution is -0.118. The van der Waals surface area contributed by atoms with E-state index < -0.39 is 0 Å². The topological polar surface area (TPSA) is 64.0 Å². The summed E-state index contributed by atoms with van der Waals surface area (Å²) < 4.78 is 1.69. The monoisotopic (exact) mass is 429 g/mol. The van der Waals surface area contributed by atoms with Crippen LogP contribution in [0.3, 0.4) is 0 Å². The standard InChI is InChI=1S/C22H24ClN3O2S/c1-15(2)11-12-26-21(28)18-5-3-4-6-19(18)25-22(26)29-14-20(27)24-13-16-7-9-17(23)10-8-16/h3-10,15H,11-14H2,1-2H3,(H,24,27). The number of carbonyl (C=O) groups excluding carboxylic acids is 1. The van der Waals surface area contributed by atoms with Crippen molar-refractivity contribution < 1.29 is 4.79 Å². The van der Waals surface area contributed by atoms with Gasteiger partial charge in [0.25, 0.3) is 5.56 Å². The van der Waals surface area contributed by atoms with E-state index in [1.807, 2.05) is 30.3 Å². The molecule has 0 aliphatic carbocycles. The number of rotatable bonds is 8. The molecule has 3 rings (SSSR count). The molecule has 0 radical (unpaired) electrons. The lowest BCUT2D eigenvalue weighted by atomic mass is 10.1. The van der Waals surface area contributed by atoms with Crippen LogP contribution in [0.2, 0.25) is 5.02 Å². The van der Waals surface area contributed by atoms with Crippen molar-refractivity contribution in [3.63, 3.8) is 0 Å². The summed E-state index contributed by atoms with van der Waals surface area (Å²) >= 11 is 7.17. The van der Waals surface area contributed by atoms with Crippen LogP contribution in [-0.2, 0) is 17.9 Å². The summed E-state index contributed by atoms with van der Waals surface area (Å²) in [4.78, 5) is 29.9. The first-order valence-electron chi connectivity index (χ1n) is 9.57. The van der Waals surface area contributed by atoms with E-state index in [0.717, 1.165) is 12.0 Å². The molecule has 7 heteroatoms. The summed E-state index contributed by atoms with van der Waals surface area (Å²) in [6, 6.07) is 14.7. The lowest BCUT2D eigenvalue weighted by Gasteiger charge is -2.14. The molecule has 0 spiro atoms. The van der Waals surface area contributed by atoms with E-state index in [1.165, 1.54) is 11.8 Å². The van der Waals surface area contributed by atoms with E-state index in [9.17, 15) is 9.59 Å². The minimum atomic E-state index is -0.109. The average Bonchev–Trinajstić information content (AvgIpc) is 2.71. The fourth-order valence-corrected chi connectivity index (χ4v) is 3.81. The van der Waals surface area contributed by atoms with Gasteiger partial charge < -0.3 is 5.32 Å². The van der Waals surface area contributed by atoms with Crippen molar-refractivity contribution in [1.82, 2.24) is 14.9 Å². The maximum atomic E-state index is 12.9. The van der Waals surface area contributed by atoms with Crippen LogP contribution in [0.25, 0.3) is 10.9 Å². The molecule has 0 aliphatic heterocycles. The number of hydrogen-bond donors (Lipinski definition) is 1. The van der Waals surface area contributed by atoms with Crippen molar-refractivity contribution in [2.75, 3.05) is 5.75 Å². The zero-order chi connectivity index (χ0) is 20.8. The second-order valence-corrected chi connectivity index (χ2v) is 8.62. The third-order valence-electron chi connectivity index (χ3n) is 4.49. The molecule has 0 unspecified atom stereocenters. The maximum Gasteiger partial charge on any atom is 0.262 e. The molecule has 0 saturated heterocycles. The zero-order valence-electron chi connectivity index (χ0n) is 16.5. The highest BCUT2D eigenvalue weighted by molar-refractivity contribution is 7.99. The molecule has 0 fully saturated rings. The van der Waals surface area contributed by atoms with Gasteiger partial charge in [0.2, 0.25) is 5.91 Å². The summed E-state index contributed by atoms with van der Waals surface area (Å²) in [6.45, 7) is 5.26. The van der Waals surface area contributed by atoms with E-state index in [4.69, 9.17) is 11.6 Å². The molecule has 0 bridgehead atoms. The number of hydrogen-bond acceptors (Lipinski definition) is 4. The second-order valence-electron chi connectivity index (χ2n) is 7.24. The second kappa shape index (κ2) is 9.94. The quantitative estimate of drug-likeness (QED) is 0.423. The molecule has 1 aromatic heterocycles. The number of carbonyl (C=O) groups is 1. The molecule has 5 nitrogen and oxygen atoms in total. The van der Waals surface area contributed by atoms with Crippen LogP contribution >= 0.6 is 23.4 Å². The van der Waals surface area contributed by atoms with Gasteiger partial charge in [-0.05, 0) is 42.2 Å². The van der Waals surface area contributed by atoms with Gasteiger partial charge in [-0.3, -0.25) is 14.2 Å². The van der Waals surface area contributed by atoms with Gasteiger partial charge in [-0.25, -0.2) is 4.98 Å². The van der Waals surface area contributed by atoms with E-state index >= 15 is 0 Å². The predicted molar refractivity (Wildman–Crippen MR) is 119 cm³/mol. The van der Waals surface area contributed by atoms with Gasteiger partial charge in [0.15, 0.2) is 5.16 Å². The molecule has 152 valence electrons. The van der Waals surface area contributed by atoms with Crippen LogP contribution in [0.1, 0.15) is 25.8 Å². The van der Waals surface area contributed by atoms with Gasteiger partial charge in [0, 0.05) is 18.1 Å². The van der Waals surface area contributed by atoms with Crippen LogP contribution in [0, 0.1) is 5.92 Å². The molecule has 2 aromatic carbocycles. The van der Waals surface area contributed by atoms with Crippen molar-refractivity contribution in [2.24, 2.45) is 5.92 Å². The molecule has 29 heavy (non-hydrogen) atoms. The predicted octanol–water partition coefficient (Wildman–Crippen LogP) is 4.50. The average molecular weight is 430 g/mol. The minimum absolute atomic E-state index is 0.0553. The number of amides is 1. The molecule has 0 saturated carbocycles. The van der Waals surface area contributed by atoms with Crippen LogP contribution in [0.15, 0.2) is 58.5 Å². The Kier molecular flexibility index (Phi) is 7.34. The van der Waals surface area contributed by atoms with Crippen LogP contribution in [0.5, 0.6) is 0 Å². The van der Waals surface area contributed by atoms with Gasteiger partial charge in [0.1, 0.15) is 0 Å². The first-order chi connectivity index (χ1) is 13.9. The Labute approximate surface area is 179 Å². The van der Waals surface area contributed by atoms with Crippen molar-refractivity contribution >= 4 is 40.2 Å². The van der Waals surface area contributed by atoms with Gasteiger partial charge in [-0.15, -0.1) is 0 Å². The fourth-order valence-electron chi connectivity index (χ4n) is 2.83. The molecule has 0 atom stereocenters. The number of aromatic nitrogens is 2. The summed E-state index contributed by atoms with van der Waals surface area (Å²) in [7, 11) is 0. The summed E-state index contributed by atoms with van der Waals surface area (Å²) in [5.41, 5.74) is 1.58. The van der Waals surface area contributed by atoms with Gasteiger partial charge in [0.05, 0.1) is 16.7 Å². The number of halogens is 1. The smallest absolute Gasteiger partial charge is 0.262 e. The van der Waals surface area contributed by atoms with Gasteiger partial charge in [-0.1, -0.05) is 61.5 Å². The third kappa shape index (κ3) is 5.84. The Morgan fingerprint density at radius 2 is 1.90 bits per heavy atom. The molecule has 1 N–H and O–H groups in total. The van der Waals surface area contributed by atoms with Crippen LogP contribution < -0.4 is 10.9 Å². The largest absolute Gasteiger partial charge is 0.351 e. The Balaban J connectivity index is 1.72. The summed E-state index contributed by atoms with van der Waals surface area (Å²) in [5.74, 6) is 0.553. The molecule has 0 aliphatic rings. The minimum Gasteiger partial charge on any atom is -0.351 e. The number of nitrogens with one attached hydrogen (secondary N) is 1. The van der Waals surface area contributed by atoms with Gasteiger partial charge in [-0.2, -0.15) is 0 Å². The molecule has 3 aromatic rings. The number of para-hydroxylation sites is 1. The Morgan fingerprint density at radius 1 is 1.17 bits per heavy atom. The SMILES string of the molecule is CC(C)CCn1c(SCC(=O)NCc2ccc(Cl)cc2)nc2ccccc2c1=O. The van der Waals surface area contributed by atoms with Crippen LogP contribution in [0.4, 0.5) is 0 Å². The number of benzene rings is 2. The van der Waals surface area contributed by atoms with Crippen molar-refractivity contribution in [1.29, 1.82) is 0 Å². The van der Waals surface area contributed by atoms with E-state index in [0.29, 0.717) is 40.1 Å². The Morgan fingerprint density at radius 3 is 2.62 bits per heavy atom. The van der Waals surface area contributed by atoms with E-state index in [2.05, 4.69) is 24.1 Å². The number of nitrogens with zero attached hydrogens (tertiary/aromatic N) is 2. The maximum absolute atomic E-state index is 12.9. The summed E-state index contributed by atoms with van der Waals surface area (Å²) in [6.07, 6.45) is 0.871. The van der Waals surface area contributed by atoms with E-state index in [-0.39, 0.29) is 17.2 Å². The van der Waals surface area contributed by atoms with Crippen molar-refractivity contribution in [2.45, 2.75) is 38.5 Å². The highest BCUT2D eigenvalue weighted by Gasteiger charge is 2.13. The normalized spacial score (nSPS) is 11.2. The molecule has 1 amide bonds. The van der Waals surface area contributed by atoms with E-state index in [1.54, 1.807) is 22.8 Å². The molecular weight excluding hydrogens is 406 g/mol.